The van der Waals surface area contributed by atoms with E-state index in [9.17, 15) is 13.6 Å². The molecule has 2 rings (SSSR count). The zero-order valence-corrected chi connectivity index (χ0v) is 12.9. The summed E-state index contributed by atoms with van der Waals surface area (Å²) in [5.41, 5.74) is 0.264. The molecule has 1 aliphatic rings. The number of hydrogen-bond acceptors (Lipinski definition) is 2. The maximum Gasteiger partial charge on any atom is 0.222 e. The van der Waals surface area contributed by atoms with E-state index in [1.165, 1.54) is 0 Å². The molecule has 0 aromatic heterocycles. The molecular formula is C15H21ClF2N2O. The third-order valence-corrected chi connectivity index (χ3v) is 3.80. The number of halogens is 3. The quantitative estimate of drug-likeness (QED) is 0.925. The van der Waals surface area contributed by atoms with Gasteiger partial charge in [-0.25, -0.2) is 8.78 Å². The van der Waals surface area contributed by atoms with Crippen molar-refractivity contribution in [2.75, 3.05) is 20.1 Å². The van der Waals surface area contributed by atoms with Crippen LogP contribution in [0.5, 0.6) is 0 Å². The number of carbonyl (C=O) groups excluding carboxylic acids is 1. The Bertz CT molecular complexity index is 485. The molecule has 1 fully saturated rings. The Kier molecular flexibility index (Phi) is 7.05. The first-order valence-electron chi connectivity index (χ1n) is 6.99. The molecule has 1 heterocycles. The van der Waals surface area contributed by atoms with Crippen molar-refractivity contribution < 1.29 is 13.6 Å². The maximum atomic E-state index is 13.5. The molecule has 1 aromatic carbocycles. The molecule has 0 spiro atoms. The van der Waals surface area contributed by atoms with Gasteiger partial charge in [-0.1, -0.05) is 0 Å². The topological polar surface area (TPSA) is 32.3 Å². The third kappa shape index (κ3) is 4.93. The van der Waals surface area contributed by atoms with E-state index in [4.69, 9.17) is 0 Å². The highest BCUT2D eigenvalue weighted by Gasteiger charge is 2.22. The lowest BCUT2D eigenvalue weighted by molar-refractivity contribution is -0.132. The highest BCUT2D eigenvalue weighted by atomic mass is 35.5. The molecule has 1 atom stereocenters. The molecule has 1 aromatic rings. The summed E-state index contributed by atoms with van der Waals surface area (Å²) < 4.78 is 26.5. The molecule has 0 saturated carbocycles. The van der Waals surface area contributed by atoms with Gasteiger partial charge in [0, 0.05) is 25.6 Å². The molecule has 0 radical (unpaired) electrons. The molecule has 1 unspecified atom stereocenters. The molecule has 6 heteroatoms. The van der Waals surface area contributed by atoms with E-state index in [2.05, 4.69) is 5.32 Å². The zero-order chi connectivity index (χ0) is 14.5. The summed E-state index contributed by atoms with van der Waals surface area (Å²) in [5, 5.41) is 3.18. The largest absolute Gasteiger partial charge is 0.341 e. The molecule has 1 N–H and O–H groups in total. The minimum atomic E-state index is -0.470. The average Bonchev–Trinajstić information content (AvgIpc) is 2.48. The fourth-order valence-electron chi connectivity index (χ4n) is 2.57. The first-order chi connectivity index (χ1) is 9.60. The molecule has 1 saturated heterocycles. The lowest BCUT2D eigenvalue weighted by atomic mass is 10.0. The van der Waals surface area contributed by atoms with Gasteiger partial charge in [-0.15, -0.1) is 12.4 Å². The van der Waals surface area contributed by atoms with Gasteiger partial charge in [-0.05, 0) is 50.1 Å². The van der Waals surface area contributed by atoms with Crippen LogP contribution in [0.1, 0.15) is 24.8 Å². The van der Waals surface area contributed by atoms with E-state index in [0.717, 1.165) is 37.6 Å². The standard InChI is InChI=1S/C15H20F2N2O.ClH/c1-18-13-3-2-8-19(10-13)15(20)7-4-11-9-12(16)5-6-14(11)17;/h5-6,9,13,18H,2-4,7-8,10H2,1H3;1H. The van der Waals surface area contributed by atoms with Crippen molar-refractivity contribution in [1.29, 1.82) is 0 Å². The van der Waals surface area contributed by atoms with Crippen molar-refractivity contribution in [3.8, 4) is 0 Å². The second-order valence-electron chi connectivity index (χ2n) is 5.20. The lowest BCUT2D eigenvalue weighted by Gasteiger charge is -2.32. The first-order valence-corrected chi connectivity index (χ1v) is 6.99. The van der Waals surface area contributed by atoms with Gasteiger partial charge in [0.05, 0.1) is 0 Å². The Balaban J connectivity index is 0.00000220. The predicted octanol–water partition coefficient (Wildman–Crippen LogP) is 2.53. The summed E-state index contributed by atoms with van der Waals surface area (Å²) in [5.74, 6) is -0.915. The normalized spacial score (nSPS) is 18.2. The van der Waals surface area contributed by atoms with Gasteiger partial charge in [-0.2, -0.15) is 0 Å². The number of nitrogens with one attached hydrogen (secondary N) is 1. The highest BCUT2D eigenvalue weighted by molar-refractivity contribution is 5.85. The summed E-state index contributed by atoms with van der Waals surface area (Å²) in [7, 11) is 1.89. The van der Waals surface area contributed by atoms with Crippen LogP contribution in [0, 0.1) is 11.6 Å². The number of hydrogen-bond donors (Lipinski definition) is 1. The van der Waals surface area contributed by atoms with E-state index < -0.39 is 11.6 Å². The van der Waals surface area contributed by atoms with Crippen LogP contribution in [0.15, 0.2) is 18.2 Å². The number of carbonyl (C=O) groups is 1. The molecule has 118 valence electrons. The van der Waals surface area contributed by atoms with Gasteiger partial charge in [0.25, 0.3) is 0 Å². The van der Waals surface area contributed by atoms with Gasteiger partial charge in [0.15, 0.2) is 0 Å². The minimum absolute atomic E-state index is 0. The van der Waals surface area contributed by atoms with Crippen molar-refractivity contribution in [3.63, 3.8) is 0 Å². The summed E-state index contributed by atoms with van der Waals surface area (Å²) >= 11 is 0. The van der Waals surface area contributed by atoms with E-state index in [-0.39, 0.29) is 36.7 Å². The van der Waals surface area contributed by atoms with Crippen molar-refractivity contribution in [3.05, 3.63) is 35.4 Å². The summed E-state index contributed by atoms with van der Waals surface area (Å²) in [6, 6.07) is 3.68. The van der Waals surface area contributed by atoms with Gasteiger partial charge in [-0.3, -0.25) is 4.79 Å². The minimum Gasteiger partial charge on any atom is -0.341 e. The van der Waals surface area contributed by atoms with Gasteiger partial charge in [0.1, 0.15) is 11.6 Å². The number of piperidine rings is 1. The predicted molar refractivity (Wildman–Crippen MR) is 80.6 cm³/mol. The molecule has 21 heavy (non-hydrogen) atoms. The Hall–Kier alpha value is -1.20. The van der Waals surface area contributed by atoms with Crippen molar-refractivity contribution in [1.82, 2.24) is 10.2 Å². The third-order valence-electron chi connectivity index (χ3n) is 3.80. The molecule has 1 amide bonds. The second kappa shape index (κ2) is 8.29. The molecule has 0 bridgehead atoms. The number of likely N-dealkylation sites (N-methyl/N-ethyl adjacent to an activating group) is 1. The van der Waals surface area contributed by atoms with Crippen LogP contribution in [0.25, 0.3) is 0 Å². The van der Waals surface area contributed by atoms with Crippen LogP contribution in [-0.4, -0.2) is 37.0 Å². The number of benzene rings is 1. The van der Waals surface area contributed by atoms with Crippen molar-refractivity contribution in [2.24, 2.45) is 0 Å². The molecule has 3 nitrogen and oxygen atoms in total. The molecule has 1 aliphatic heterocycles. The van der Waals surface area contributed by atoms with Crippen molar-refractivity contribution >= 4 is 18.3 Å². The van der Waals surface area contributed by atoms with Gasteiger partial charge < -0.3 is 10.2 Å². The monoisotopic (exact) mass is 318 g/mol. The fraction of sp³-hybridized carbons (Fsp3) is 0.533. The average molecular weight is 319 g/mol. The fourth-order valence-corrected chi connectivity index (χ4v) is 2.57. The van der Waals surface area contributed by atoms with Crippen LogP contribution in [0.4, 0.5) is 8.78 Å². The summed E-state index contributed by atoms with van der Waals surface area (Å²) in [6.07, 6.45) is 2.50. The smallest absolute Gasteiger partial charge is 0.222 e. The van der Waals surface area contributed by atoms with Crippen LogP contribution in [-0.2, 0) is 11.2 Å². The summed E-state index contributed by atoms with van der Waals surface area (Å²) in [6.45, 7) is 1.45. The van der Waals surface area contributed by atoms with Crippen LogP contribution in [0.2, 0.25) is 0 Å². The molecule has 0 aliphatic carbocycles. The Morgan fingerprint density at radius 1 is 1.43 bits per heavy atom. The Labute approximate surface area is 130 Å². The van der Waals surface area contributed by atoms with Crippen molar-refractivity contribution in [2.45, 2.75) is 31.7 Å². The second-order valence-corrected chi connectivity index (χ2v) is 5.20. The Morgan fingerprint density at radius 2 is 2.19 bits per heavy atom. The summed E-state index contributed by atoms with van der Waals surface area (Å²) in [4.78, 5) is 13.9. The van der Waals surface area contributed by atoms with E-state index >= 15 is 0 Å². The molecular weight excluding hydrogens is 298 g/mol. The number of aryl methyl sites for hydroxylation is 1. The Morgan fingerprint density at radius 3 is 2.90 bits per heavy atom. The van der Waals surface area contributed by atoms with E-state index in [1.54, 1.807) is 0 Å². The van der Waals surface area contributed by atoms with Crippen LogP contribution in [0.3, 0.4) is 0 Å². The van der Waals surface area contributed by atoms with Gasteiger partial charge in [0.2, 0.25) is 5.91 Å². The highest BCUT2D eigenvalue weighted by Crippen LogP contribution is 2.15. The van der Waals surface area contributed by atoms with E-state index in [1.807, 2.05) is 11.9 Å². The van der Waals surface area contributed by atoms with E-state index in [0.29, 0.717) is 12.6 Å². The number of nitrogens with zero attached hydrogens (tertiary/aromatic N) is 1. The number of rotatable bonds is 4. The lowest BCUT2D eigenvalue weighted by Crippen LogP contribution is -2.47. The van der Waals surface area contributed by atoms with Crippen LogP contribution >= 0.6 is 12.4 Å². The number of amides is 1. The number of likely N-dealkylation sites (tertiary alicyclic amines) is 1. The maximum absolute atomic E-state index is 13.5. The van der Waals surface area contributed by atoms with Crippen LogP contribution < -0.4 is 5.32 Å². The zero-order valence-electron chi connectivity index (χ0n) is 12.1. The SMILES string of the molecule is CNC1CCCN(C(=O)CCc2cc(F)ccc2F)C1.Cl. The van der Waals surface area contributed by atoms with Gasteiger partial charge >= 0.3 is 0 Å². The first kappa shape index (κ1) is 17.9.